The van der Waals surface area contributed by atoms with E-state index in [1.807, 2.05) is 6.92 Å². The molecule has 0 saturated carbocycles. The molecule has 2 amide bonds. The molecule has 21 heavy (non-hydrogen) atoms. The van der Waals surface area contributed by atoms with Gasteiger partial charge in [-0.3, -0.25) is 9.78 Å². The minimum Gasteiger partial charge on any atom is -0.481 e. The summed E-state index contributed by atoms with van der Waals surface area (Å²) >= 11 is 0. The summed E-state index contributed by atoms with van der Waals surface area (Å²) in [7, 11) is 1.47. The number of carbonyl (C=O) groups excluding carboxylic acids is 1. The van der Waals surface area contributed by atoms with Gasteiger partial charge in [0.25, 0.3) is 0 Å². The Labute approximate surface area is 122 Å². The minimum atomic E-state index is -1.01. The van der Waals surface area contributed by atoms with Crippen LogP contribution in [0.25, 0.3) is 0 Å². The Kier molecular flexibility index (Phi) is 4.42. The van der Waals surface area contributed by atoms with Gasteiger partial charge in [-0.1, -0.05) is 0 Å². The summed E-state index contributed by atoms with van der Waals surface area (Å²) in [5.74, 6) is -0.931. The fourth-order valence-corrected chi connectivity index (χ4v) is 2.48. The molecule has 1 aliphatic rings. The van der Waals surface area contributed by atoms with Crippen LogP contribution in [0.1, 0.15) is 12.0 Å². The van der Waals surface area contributed by atoms with Gasteiger partial charge in [-0.25, -0.2) is 4.79 Å². The van der Waals surface area contributed by atoms with Gasteiger partial charge in [-0.2, -0.15) is 0 Å². The lowest BCUT2D eigenvalue weighted by atomic mass is 9.88. The van der Waals surface area contributed by atoms with E-state index < -0.39 is 11.4 Å². The number of carboxylic acid groups (broad SMARTS) is 1. The second kappa shape index (κ2) is 6.09. The molecule has 114 valence electrons. The van der Waals surface area contributed by atoms with Crippen molar-refractivity contribution in [3.63, 3.8) is 0 Å². The van der Waals surface area contributed by atoms with Crippen molar-refractivity contribution in [1.29, 1.82) is 0 Å². The number of anilines is 1. The zero-order chi connectivity index (χ0) is 15.5. The largest absolute Gasteiger partial charge is 0.481 e. The van der Waals surface area contributed by atoms with E-state index in [9.17, 15) is 14.7 Å². The quantitative estimate of drug-likeness (QED) is 0.874. The summed E-state index contributed by atoms with van der Waals surface area (Å²) in [5, 5.41) is 12.2. The summed E-state index contributed by atoms with van der Waals surface area (Å²) < 4.78 is 5.01. The Morgan fingerprint density at radius 2 is 2.33 bits per heavy atom. The molecule has 0 radical (unpaired) electrons. The summed E-state index contributed by atoms with van der Waals surface area (Å²) in [4.78, 5) is 29.2. The molecule has 2 N–H and O–H groups in total. The minimum absolute atomic E-state index is 0.0976. The third-order valence-electron chi connectivity index (χ3n) is 3.78. The monoisotopic (exact) mass is 293 g/mol. The first-order chi connectivity index (χ1) is 9.98. The molecular formula is C14H19N3O4. The molecule has 7 heteroatoms. The maximum absolute atomic E-state index is 12.2. The number of nitrogens with zero attached hydrogens (tertiary/aromatic N) is 2. The second-order valence-corrected chi connectivity index (χ2v) is 5.31. The second-order valence-electron chi connectivity index (χ2n) is 5.31. The SMILES string of the molecule is COCC1(C(=O)O)CCN(C(=O)Nc2ccncc2C)C1. The number of hydrogen-bond acceptors (Lipinski definition) is 4. The highest BCUT2D eigenvalue weighted by Gasteiger charge is 2.46. The van der Waals surface area contributed by atoms with Gasteiger partial charge in [0.2, 0.25) is 0 Å². The molecule has 1 aliphatic heterocycles. The highest BCUT2D eigenvalue weighted by Crippen LogP contribution is 2.31. The summed E-state index contributed by atoms with van der Waals surface area (Å²) in [5.41, 5.74) is 0.514. The van der Waals surface area contributed by atoms with E-state index in [4.69, 9.17) is 4.74 Å². The lowest BCUT2D eigenvalue weighted by molar-refractivity contribution is -0.151. The number of carboxylic acids is 1. The number of amides is 2. The van der Waals surface area contributed by atoms with Gasteiger partial charge in [0.05, 0.1) is 6.61 Å². The number of urea groups is 1. The first kappa shape index (κ1) is 15.2. The fraction of sp³-hybridized carbons (Fsp3) is 0.500. The van der Waals surface area contributed by atoms with Crippen LogP contribution < -0.4 is 5.32 Å². The van der Waals surface area contributed by atoms with E-state index >= 15 is 0 Å². The van der Waals surface area contributed by atoms with Gasteiger partial charge >= 0.3 is 12.0 Å². The molecule has 1 atom stereocenters. The summed E-state index contributed by atoms with van der Waals surface area (Å²) in [6, 6.07) is 1.41. The molecule has 2 heterocycles. The average molecular weight is 293 g/mol. The molecule has 0 aromatic carbocycles. The first-order valence-electron chi connectivity index (χ1n) is 6.67. The van der Waals surface area contributed by atoms with E-state index in [0.717, 1.165) is 5.56 Å². The van der Waals surface area contributed by atoms with E-state index in [1.54, 1.807) is 18.5 Å². The van der Waals surface area contributed by atoms with Crippen LogP contribution in [0.5, 0.6) is 0 Å². The standard InChI is InChI=1S/C14H19N3O4/c1-10-7-15-5-3-11(10)16-13(20)17-6-4-14(8-17,9-21-2)12(18)19/h3,5,7H,4,6,8-9H2,1-2H3,(H,18,19)(H,15,16,20). The number of nitrogens with one attached hydrogen (secondary N) is 1. The number of aryl methyl sites for hydroxylation is 1. The van der Waals surface area contributed by atoms with E-state index in [1.165, 1.54) is 12.0 Å². The molecule has 7 nitrogen and oxygen atoms in total. The van der Waals surface area contributed by atoms with Crippen molar-refractivity contribution in [2.24, 2.45) is 5.41 Å². The van der Waals surface area contributed by atoms with Crippen LogP contribution in [0.15, 0.2) is 18.5 Å². The van der Waals surface area contributed by atoms with Crippen molar-refractivity contribution in [3.05, 3.63) is 24.0 Å². The van der Waals surface area contributed by atoms with Gasteiger partial charge in [0, 0.05) is 38.3 Å². The summed E-state index contributed by atoms with van der Waals surface area (Å²) in [6.07, 6.45) is 3.64. The number of carbonyl (C=O) groups is 2. The first-order valence-corrected chi connectivity index (χ1v) is 6.67. The maximum atomic E-state index is 12.2. The normalized spacial score (nSPS) is 21.3. The van der Waals surface area contributed by atoms with Gasteiger partial charge in [-0.15, -0.1) is 0 Å². The highest BCUT2D eigenvalue weighted by molar-refractivity contribution is 5.91. The Bertz CT molecular complexity index is 549. The van der Waals surface area contributed by atoms with Crippen LogP contribution in [-0.4, -0.2) is 53.8 Å². The maximum Gasteiger partial charge on any atom is 0.321 e. The number of hydrogen-bond donors (Lipinski definition) is 2. The lowest BCUT2D eigenvalue weighted by Crippen LogP contribution is -2.41. The van der Waals surface area contributed by atoms with Crippen molar-refractivity contribution >= 4 is 17.7 Å². The predicted octanol–water partition coefficient (Wildman–Crippen LogP) is 1.35. The number of likely N-dealkylation sites (tertiary alicyclic amines) is 1. The zero-order valence-electron chi connectivity index (χ0n) is 12.1. The molecule has 0 aliphatic carbocycles. The van der Waals surface area contributed by atoms with Crippen LogP contribution in [0.2, 0.25) is 0 Å². The van der Waals surface area contributed by atoms with Crippen molar-refractivity contribution in [2.45, 2.75) is 13.3 Å². The third kappa shape index (κ3) is 3.13. The number of pyridine rings is 1. The van der Waals surface area contributed by atoms with Crippen LogP contribution in [0.3, 0.4) is 0 Å². The number of rotatable bonds is 4. The Hall–Kier alpha value is -2.15. The number of aliphatic carboxylic acids is 1. The molecule has 1 aromatic rings. The third-order valence-corrected chi connectivity index (χ3v) is 3.78. The van der Waals surface area contributed by atoms with Crippen molar-refractivity contribution < 1.29 is 19.4 Å². The van der Waals surface area contributed by atoms with Gasteiger partial charge in [0.15, 0.2) is 0 Å². The molecule has 0 bridgehead atoms. The van der Waals surface area contributed by atoms with Gasteiger partial charge in [0.1, 0.15) is 5.41 Å². The summed E-state index contributed by atoms with van der Waals surface area (Å²) in [6.45, 7) is 2.48. The number of aromatic nitrogens is 1. The van der Waals surface area contributed by atoms with Crippen molar-refractivity contribution in [1.82, 2.24) is 9.88 Å². The Morgan fingerprint density at radius 1 is 1.57 bits per heavy atom. The zero-order valence-corrected chi connectivity index (χ0v) is 12.1. The predicted molar refractivity (Wildman–Crippen MR) is 76.1 cm³/mol. The molecule has 1 unspecified atom stereocenters. The smallest absolute Gasteiger partial charge is 0.321 e. The van der Waals surface area contributed by atoms with E-state index in [2.05, 4.69) is 10.3 Å². The lowest BCUT2D eigenvalue weighted by Gasteiger charge is -2.24. The molecule has 1 saturated heterocycles. The van der Waals surface area contributed by atoms with E-state index in [-0.39, 0.29) is 19.2 Å². The molecule has 2 rings (SSSR count). The molecule has 0 spiro atoms. The van der Waals surface area contributed by atoms with Crippen LogP contribution in [-0.2, 0) is 9.53 Å². The van der Waals surface area contributed by atoms with Gasteiger partial charge in [-0.05, 0) is 25.0 Å². The van der Waals surface area contributed by atoms with E-state index in [0.29, 0.717) is 18.7 Å². The van der Waals surface area contributed by atoms with Crippen molar-refractivity contribution in [2.75, 3.05) is 32.1 Å². The molecule has 1 aromatic heterocycles. The van der Waals surface area contributed by atoms with Gasteiger partial charge < -0.3 is 20.1 Å². The molecular weight excluding hydrogens is 274 g/mol. The average Bonchev–Trinajstić information content (AvgIpc) is 2.87. The Balaban J connectivity index is 2.05. The fourth-order valence-electron chi connectivity index (χ4n) is 2.48. The number of ether oxygens (including phenoxy) is 1. The van der Waals surface area contributed by atoms with Crippen LogP contribution >= 0.6 is 0 Å². The van der Waals surface area contributed by atoms with Crippen molar-refractivity contribution in [3.8, 4) is 0 Å². The highest BCUT2D eigenvalue weighted by atomic mass is 16.5. The van der Waals surface area contributed by atoms with Crippen LogP contribution in [0, 0.1) is 12.3 Å². The van der Waals surface area contributed by atoms with Crippen LogP contribution in [0.4, 0.5) is 10.5 Å². The Morgan fingerprint density at radius 3 is 2.95 bits per heavy atom. The topological polar surface area (TPSA) is 91.8 Å². The number of methoxy groups -OCH3 is 1. The molecule has 1 fully saturated rings.